The topological polar surface area (TPSA) is 57.2 Å². The molecule has 6 heteroatoms. The highest BCUT2D eigenvalue weighted by Gasteiger charge is 2.48. The second-order valence-electron chi connectivity index (χ2n) is 5.53. The van der Waals surface area contributed by atoms with Crippen molar-refractivity contribution in [1.82, 2.24) is 5.06 Å². The van der Waals surface area contributed by atoms with E-state index in [0.29, 0.717) is 30.4 Å². The number of rotatable bonds is 4. The highest BCUT2D eigenvalue weighted by molar-refractivity contribution is 5.77. The number of carbonyl (C=O) groups is 1. The van der Waals surface area contributed by atoms with Gasteiger partial charge in [-0.3, -0.25) is 4.79 Å². The van der Waals surface area contributed by atoms with Gasteiger partial charge in [-0.25, -0.2) is 0 Å². The number of esters is 1. The number of ether oxygens (including phenoxy) is 3. The number of hydroxylamine groups is 2. The van der Waals surface area contributed by atoms with Gasteiger partial charge in [0.1, 0.15) is 11.7 Å². The Bertz CT molecular complexity index is 642. The molecule has 2 aliphatic rings. The molecule has 1 aromatic rings. The van der Waals surface area contributed by atoms with E-state index in [1.54, 1.807) is 26.2 Å². The van der Waals surface area contributed by atoms with Crippen molar-refractivity contribution in [3.8, 4) is 11.5 Å². The van der Waals surface area contributed by atoms with Crippen molar-refractivity contribution in [2.24, 2.45) is 5.92 Å². The molecule has 0 aromatic heterocycles. The molecule has 2 unspecified atom stereocenters. The molecule has 0 spiro atoms. The Morgan fingerprint density at radius 2 is 2.04 bits per heavy atom. The number of hydrogen-bond acceptors (Lipinski definition) is 6. The Labute approximate surface area is 135 Å². The first-order chi connectivity index (χ1) is 11.1. The van der Waals surface area contributed by atoms with E-state index >= 15 is 0 Å². The molecule has 0 radical (unpaired) electrons. The second kappa shape index (κ2) is 6.12. The lowest BCUT2D eigenvalue weighted by molar-refractivity contribution is -0.148. The molecule has 2 heterocycles. The third-order valence-corrected chi connectivity index (χ3v) is 4.31. The highest BCUT2D eigenvalue weighted by Crippen LogP contribution is 2.47. The summed E-state index contributed by atoms with van der Waals surface area (Å²) in [7, 11) is 3.21. The normalized spacial score (nSPS) is 22.8. The van der Waals surface area contributed by atoms with Gasteiger partial charge in [0.25, 0.3) is 0 Å². The van der Waals surface area contributed by atoms with E-state index in [1.807, 2.05) is 12.1 Å². The number of fused-ring (bicyclic) bond motifs is 3. The van der Waals surface area contributed by atoms with Gasteiger partial charge >= 0.3 is 5.97 Å². The molecule has 23 heavy (non-hydrogen) atoms. The zero-order valence-corrected chi connectivity index (χ0v) is 13.6. The van der Waals surface area contributed by atoms with Gasteiger partial charge in [-0.15, -0.1) is 5.06 Å². The van der Waals surface area contributed by atoms with Crippen LogP contribution in [0.3, 0.4) is 0 Å². The largest absolute Gasteiger partial charge is 0.493 e. The summed E-state index contributed by atoms with van der Waals surface area (Å²) in [4.78, 5) is 18.1. The molecule has 124 valence electrons. The van der Waals surface area contributed by atoms with Crippen LogP contribution in [-0.2, 0) is 20.8 Å². The van der Waals surface area contributed by atoms with Crippen LogP contribution in [-0.4, -0.2) is 38.4 Å². The summed E-state index contributed by atoms with van der Waals surface area (Å²) in [5.74, 6) is 0.897. The Morgan fingerprint density at radius 3 is 2.70 bits per heavy atom. The van der Waals surface area contributed by atoms with Crippen molar-refractivity contribution >= 4 is 5.97 Å². The molecule has 3 rings (SSSR count). The van der Waals surface area contributed by atoms with Gasteiger partial charge < -0.3 is 19.0 Å². The van der Waals surface area contributed by atoms with Crippen LogP contribution in [0.15, 0.2) is 24.5 Å². The van der Waals surface area contributed by atoms with E-state index in [0.717, 1.165) is 17.5 Å². The van der Waals surface area contributed by atoms with Crippen molar-refractivity contribution in [2.75, 3.05) is 27.4 Å². The van der Waals surface area contributed by atoms with Crippen molar-refractivity contribution < 1.29 is 23.8 Å². The van der Waals surface area contributed by atoms with Crippen LogP contribution < -0.4 is 9.47 Å². The fourth-order valence-electron chi connectivity index (χ4n) is 3.28. The van der Waals surface area contributed by atoms with Crippen molar-refractivity contribution in [3.05, 3.63) is 35.6 Å². The lowest BCUT2D eigenvalue weighted by atomic mass is 9.85. The van der Waals surface area contributed by atoms with Gasteiger partial charge in [0.05, 0.1) is 26.9 Å². The van der Waals surface area contributed by atoms with E-state index in [-0.39, 0.29) is 12.0 Å². The molecule has 0 aliphatic carbocycles. The lowest BCUT2D eigenvalue weighted by Crippen LogP contribution is -2.34. The third-order valence-electron chi connectivity index (χ3n) is 4.31. The molecule has 0 N–H and O–H groups in total. The zero-order chi connectivity index (χ0) is 16.6. The van der Waals surface area contributed by atoms with Crippen LogP contribution in [0.5, 0.6) is 11.5 Å². The summed E-state index contributed by atoms with van der Waals surface area (Å²) in [6.45, 7) is 6.69. The maximum absolute atomic E-state index is 12.4. The van der Waals surface area contributed by atoms with Crippen molar-refractivity contribution in [3.63, 3.8) is 0 Å². The molecule has 0 saturated carbocycles. The summed E-state index contributed by atoms with van der Waals surface area (Å²) >= 11 is 0. The van der Waals surface area contributed by atoms with Gasteiger partial charge in [0, 0.05) is 6.54 Å². The summed E-state index contributed by atoms with van der Waals surface area (Å²) in [6, 6.07) is 3.64. The monoisotopic (exact) mass is 319 g/mol. The minimum absolute atomic E-state index is 0.245. The van der Waals surface area contributed by atoms with E-state index in [1.165, 1.54) is 0 Å². The number of carbonyl (C=O) groups excluding carboxylic acids is 1. The predicted molar refractivity (Wildman–Crippen MR) is 83.0 cm³/mol. The maximum atomic E-state index is 12.4. The maximum Gasteiger partial charge on any atom is 0.318 e. The molecule has 1 fully saturated rings. The van der Waals surface area contributed by atoms with Crippen molar-refractivity contribution in [1.29, 1.82) is 0 Å². The molecule has 1 aromatic carbocycles. The molecule has 2 atom stereocenters. The quantitative estimate of drug-likeness (QED) is 0.793. The van der Waals surface area contributed by atoms with E-state index < -0.39 is 5.92 Å². The zero-order valence-electron chi connectivity index (χ0n) is 13.6. The molecule has 6 nitrogen and oxygen atoms in total. The molecule has 1 saturated heterocycles. The highest BCUT2D eigenvalue weighted by atomic mass is 16.7. The average Bonchev–Trinajstić information content (AvgIpc) is 2.90. The van der Waals surface area contributed by atoms with Crippen molar-refractivity contribution in [2.45, 2.75) is 19.4 Å². The predicted octanol–water partition coefficient (Wildman–Crippen LogP) is 2.24. The van der Waals surface area contributed by atoms with Gasteiger partial charge in [-0.1, -0.05) is 6.58 Å². The smallest absolute Gasteiger partial charge is 0.318 e. The van der Waals surface area contributed by atoms with Crippen LogP contribution in [0, 0.1) is 5.92 Å². The van der Waals surface area contributed by atoms with E-state index in [2.05, 4.69) is 6.58 Å². The number of hydrogen-bond donors (Lipinski definition) is 0. The standard InChI is InChI=1S/C17H21NO5/c1-5-22-17(19)15-10(2)23-18-7-6-11-8-13(20-3)14(21-4)9-12(11)16(15)18/h8-9,15-16H,2,5-7H2,1,3-4H3. The van der Waals surface area contributed by atoms with Crippen LogP contribution in [0.4, 0.5) is 0 Å². The minimum atomic E-state index is -0.535. The summed E-state index contributed by atoms with van der Waals surface area (Å²) in [6.07, 6.45) is 0.801. The number of benzene rings is 1. The summed E-state index contributed by atoms with van der Waals surface area (Å²) in [5.41, 5.74) is 2.11. The molecular formula is C17H21NO5. The Kier molecular flexibility index (Phi) is 4.17. The first kappa shape index (κ1) is 15.7. The Balaban J connectivity index is 2.05. The average molecular weight is 319 g/mol. The second-order valence-corrected chi connectivity index (χ2v) is 5.53. The Morgan fingerprint density at radius 1 is 1.35 bits per heavy atom. The lowest BCUT2D eigenvalue weighted by Gasteiger charge is -2.31. The number of methoxy groups -OCH3 is 2. The SMILES string of the molecule is C=C1ON2CCc3cc(OC)c(OC)cc3C2C1C(=O)OCC. The van der Waals surface area contributed by atoms with Crippen LogP contribution >= 0.6 is 0 Å². The third kappa shape index (κ3) is 2.53. The van der Waals surface area contributed by atoms with E-state index in [9.17, 15) is 4.79 Å². The summed E-state index contributed by atoms with van der Waals surface area (Å²) in [5, 5.41) is 1.80. The first-order valence-corrected chi connectivity index (χ1v) is 7.65. The molecule has 0 amide bonds. The van der Waals surface area contributed by atoms with Gasteiger partial charge in [-0.05, 0) is 36.6 Å². The minimum Gasteiger partial charge on any atom is -0.493 e. The van der Waals surface area contributed by atoms with Gasteiger partial charge in [-0.2, -0.15) is 0 Å². The fraction of sp³-hybridized carbons (Fsp3) is 0.471. The van der Waals surface area contributed by atoms with Gasteiger partial charge in [0.2, 0.25) is 0 Å². The molecule has 2 aliphatic heterocycles. The molecule has 0 bridgehead atoms. The van der Waals surface area contributed by atoms with Crippen LogP contribution in [0.25, 0.3) is 0 Å². The van der Waals surface area contributed by atoms with Crippen LogP contribution in [0.1, 0.15) is 24.1 Å². The Hall–Kier alpha value is -2.21. The van der Waals surface area contributed by atoms with Gasteiger partial charge in [0.15, 0.2) is 11.5 Å². The first-order valence-electron chi connectivity index (χ1n) is 7.65. The van der Waals surface area contributed by atoms with Crippen LogP contribution in [0.2, 0.25) is 0 Å². The fourth-order valence-corrected chi connectivity index (χ4v) is 3.28. The summed E-state index contributed by atoms with van der Waals surface area (Å²) < 4.78 is 16.0. The molecular weight excluding hydrogens is 298 g/mol. The van der Waals surface area contributed by atoms with E-state index in [4.69, 9.17) is 19.0 Å². The number of nitrogens with zero attached hydrogens (tertiary/aromatic N) is 1.